The highest BCUT2D eigenvalue weighted by molar-refractivity contribution is 5.92. The van der Waals surface area contributed by atoms with Crippen LogP contribution in [0.5, 0.6) is 0 Å². The van der Waals surface area contributed by atoms with Crippen LogP contribution < -0.4 is 22.0 Å². The summed E-state index contributed by atoms with van der Waals surface area (Å²) in [5.41, 5.74) is 6.21. The lowest BCUT2D eigenvalue weighted by atomic mass is 10.1. The smallest absolute Gasteiger partial charge is 0.318 e. The van der Waals surface area contributed by atoms with Gasteiger partial charge in [0.15, 0.2) is 5.65 Å². The Hall–Kier alpha value is -6.18. The molecular formula is C41H52N10O4. The molecule has 4 N–H and O–H groups in total. The van der Waals surface area contributed by atoms with E-state index in [0.717, 1.165) is 27.8 Å². The quantitative estimate of drug-likeness (QED) is 0.145. The van der Waals surface area contributed by atoms with E-state index in [1.807, 2.05) is 140 Å². The second kappa shape index (κ2) is 16.9. The zero-order valence-corrected chi connectivity index (χ0v) is 33.0. The number of hydrogen-bond acceptors (Lipinski definition) is 6. The van der Waals surface area contributed by atoms with E-state index in [1.54, 1.807) is 26.4 Å². The molecule has 0 saturated heterocycles. The van der Waals surface area contributed by atoms with Crippen molar-refractivity contribution < 1.29 is 9.59 Å². The number of carbonyl (C=O) groups excluding carboxylic acids is 2. The second-order valence-electron chi connectivity index (χ2n) is 15.2. The number of H-pyrrole nitrogens is 2. The van der Waals surface area contributed by atoms with Crippen molar-refractivity contribution in [3.8, 4) is 0 Å². The number of urea groups is 2. The van der Waals surface area contributed by atoms with E-state index in [2.05, 4.69) is 30.6 Å². The minimum absolute atomic E-state index is 0.00120. The third-order valence-corrected chi connectivity index (χ3v) is 9.09. The van der Waals surface area contributed by atoms with Crippen LogP contribution in [0.15, 0.2) is 94.8 Å². The molecule has 0 bridgehead atoms. The van der Waals surface area contributed by atoms with E-state index in [9.17, 15) is 19.2 Å². The Labute approximate surface area is 320 Å². The van der Waals surface area contributed by atoms with Crippen molar-refractivity contribution in [1.82, 2.24) is 38.9 Å². The number of imidazole rings is 2. The SMILES string of the molecule is CC(C)(C)n1c(=O)[nH]c2ncccc21.CC(C)N1Cc2ccccc2NC1=O.CC(C)N1Cc2cccnc2NC1=O.CC(C)n1c(=O)[nH]c2ccccc21. The Balaban J connectivity index is 0.000000141. The number of rotatable bonds is 3. The summed E-state index contributed by atoms with van der Waals surface area (Å²) < 4.78 is 3.48. The largest absolute Gasteiger partial charge is 0.328 e. The van der Waals surface area contributed by atoms with Crippen LogP contribution in [0.25, 0.3) is 22.2 Å². The highest BCUT2D eigenvalue weighted by atomic mass is 16.2. The van der Waals surface area contributed by atoms with E-state index in [4.69, 9.17) is 0 Å². The molecule has 0 unspecified atom stereocenters. The van der Waals surface area contributed by atoms with Gasteiger partial charge in [0.1, 0.15) is 5.82 Å². The highest BCUT2D eigenvalue weighted by Gasteiger charge is 2.25. The molecule has 14 heteroatoms. The molecule has 0 saturated carbocycles. The number of nitrogens with zero attached hydrogens (tertiary/aromatic N) is 6. The van der Waals surface area contributed by atoms with Gasteiger partial charge in [-0.05, 0) is 104 Å². The fourth-order valence-corrected chi connectivity index (χ4v) is 6.36. The Morgan fingerprint density at radius 3 is 1.84 bits per heavy atom. The van der Waals surface area contributed by atoms with Crippen molar-refractivity contribution in [2.45, 2.75) is 99.1 Å². The minimum atomic E-state index is -0.224. The highest BCUT2D eigenvalue weighted by Crippen LogP contribution is 2.24. The van der Waals surface area contributed by atoms with Gasteiger partial charge in [0.2, 0.25) is 0 Å². The third-order valence-electron chi connectivity index (χ3n) is 9.09. The average Bonchev–Trinajstić information content (AvgIpc) is 3.67. The first-order chi connectivity index (χ1) is 26.1. The van der Waals surface area contributed by atoms with Gasteiger partial charge in [-0.1, -0.05) is 36.4 Å². The Morgan fingerprint density at radius 1 is 0.600 bits per heavy atom. The number of anilines is 2. The molecule has 2 aliphatic rings. The Bertz CT molecular complexity index is 2310. The molecule has 0 spiro atoms. The predicted octanol–water partition coefficient (Wildman–Crippen LogP) is 7.67. The number of nitrogens with one attached hydrogen (secondary N) is 4. The van der Waals surface area contributed by atoms with Gasteiger partial charge >= 0.3 is 23.4 Å². The van der Waals surface area contributed by atoms with Crippen LogP contribution in [0.4, 0.5) is 21.1 Å². The number of aromatic nitrogens is 6. The summed E-state index contributed by atoms with van der Waals surface area (Å²) in [5.74, 6) is 0.689. The normalized spacial score (nSPS) is 13.6. The maximum Gasteiger partial charge on any atom is 0.328 e. The average molecular weight is 749 g/mol. The Kier molecular flexibility index (Phi) is 12.3. The summed E-state index contributed by atoms with van der Waals surface area (Å²) in [4.78, 5) is 63.7. The summed E-state index contributed by atoms with van der Waals surface area (Å²) in [6, 6.07) is 23.8. The molecule has 55 heavy (non-hydrogen) atoms. The van der Waals surface area contributed by atoms with Crippen LogP contribution in [0.1, 0.15) is 79.5 Å². The molecule has 2 aliphatic heterocycles. The minimum Gasteiger partial charge on any atom is -0.318 e. The standard InChI is InChI=1S/C11H14N2O.2C10H13N3O.C10H12N2O/c1-8(2)13-7-9-5-3-4-6-10(9)12-11(13)14;1-10(2,3)13-7-5-4-6-11-8(7)12-9(13)14;1-7(2)13-6-8-4-3-5-11-9(8)12-10(13)14;1-7(2)12-9-6-4-3-5-8(9)11-10(12)13/h3-6,8H,7H2,1-2H3,(H,12,14);4-6H,1-3H3,(H,11,12,14);3-5,7H,6H2,1-2H3,(H,11,12,14);3-7H,1-2H3,(H,11,13). The molecule has 0 radical (unpaired) electrons. The van der Waals surface area contributed by atoms with E-state index >= 15 is 0 Å². The zero-order valence-electron chi connectivity index (χ0n) is 33.0. The van der Waals surface area contributed by atoms with Gasteiger partial charge in [-0.15, -0.1) is 0 Å². The summed E-state index contributed by atoms with van der Waals surface area (Å²) in [6.45, 7) is 19.4. The van der Waals surface area contributed by atoms with Gasteiger partial charge in [-0.2, -0.15) is 0 Å². The second-order valence-corrected chi connectivity index (χ2v) is 15.2. The summed E-state index contributed by atoms with van der Waals surface area (Å²) in [7, 11) is 0. The van der Waals surface area contributed by atoms with E-state index in [-0.39, 0.29) is 47.1 Å². The maximum absolute atomic E-state index is 11.7. The van der Waals surface area contributed by atoms with E-state index in [0.29, 0.717) is 24.6 Å². The van der Waals surface area contributed by atoms with Gasteiger partial charge in [0.05, 0.1) is 23.1 Å². The molecule has 6 heterocycles. The molecule has 2 aromatic carbocycles. The first-order valence-corrected chi connectivity index (χ1v) is 18.5. The molecule has 0 atom stereocenters. The summed E-state index contributed by atoms with van der Waals surface area (Å²) in [5, 5.41) is 5.65. The van der Waals surface area contributed by atoms with Crippen molar-refractivity contribution in [2.24, 2.45) is 0 Å². The number of hydrogen-bond donors (Lipinski definition) is 4. The number of para-hydroxylation sites is 3. The fourth-order valence-electron chi connectivity index (χ4n) is 6.36. The molecule has 6 aromatic rings. The molecular weight excluding hydrogens is 697 g/mol. The van der Waals surface area contributed by atoms with Crippen molar-refractivity contribution in [1.29, 1.82) is 0 Å². The Morgan fingerprint density at radius 2 is 1.16 bits per heavy atom. The number of aromatic amines is 2. The number of amides is 4. The molecule has 14 nitrogen and oxygen atoms in total. The third kappa shape index (κ3) is 9.31. The van der Waals surface area contributed by atoms with E-state index in [1.165, 1.54) is 5.56 Å². The zero-order chi connectivity index (χ0) is 40.0. The number of benzene rings is 2. The van der Waals surface area contributed by atoms with Gasteiger partial charge in [0, 0.05) is 53.9 Å². The van der Waals surface area contributed by atoms with Crippen LogP contribution in [0.2, 0.25) is 0 Å². The van der Waals surface area contributed by atoms with Crippen LogP contribution in [-0.4, -0.2) is 63.0 Å². The first kappa shape index (κ1) is 40.0. The topological polar surface area (TPSA) is 166 Å². The summed E-state index contributed by atoms with van der Waals surface area (Å²) in [6.07, 6.45) is 3.36. The van der Waals surface area contributed by atoms with Crippen molar-refractivity contribution in [3.63, 3.8) is 0 Å². The van der Waals surface area contributed by atoms with Gasteiger partial charge in [-0.25, -0.2) is 29.1 Å². The van der Waals surface area contributed by atoms with Crippen molar-refractivity contribution >= 4 is 45.8 Å². The lowest BCUT2D eigenvalue weighted by Gasteiger charge is -2.32. The molecule has 4 amide bonds. The predicted molar refractivity (Wildman–Crippen MR) is 218 cm³/mol. The molecule has 0 aliphatic carbocycles. The lowest BCUT2D eigenvalue weighted by Crippen LogP contribution is -2.43. The van der Waals surface area contributed by atoms with Crippen molar-refractivity contribution in [3.05, 3.63) is 117 Å². The number of carbonyl (C=O) groups is 2. The fraction of sp³-hybridized carbons (Fsp3) is 0.366. The van der Waals surface area contributed by atoms with Crippen molar-refractivity contribution in [2.75, 3.05) is 10.6 Å². The van der Waals surface area contributed by atoms with Gasteiger partial charge in [0.25, 0.3) is 0 Å². The van der Waals surface area contributed by atoms with Crippen LogP contribution >= 0.6 is 0 Å². The van der Waals surface area contributed by atoms with Gasteiger partial charge in [-0.3, -0.25) is 19.4 Å². The van der Waals surface area contributed by atoms with Crippen LogP contribution in [0, 0.1) is 0 Å². The lowest BCUT2D eigenvalue weighted by molar-refractivity contribution is 0.190. The maximum atomic E-state index is 11.7. The number of pyridine rings is 2. The van der Waals surface area contributed by atoms with Crippen LogP contribution in [0.3, 0.4) is 0 Å². The molecule has 0 fully saturated rings. The first-order valence-electron chi connectivity index (χ1n) is 18.5. The monoisotopic (exact) mass is 748 g/mol. The summed E-state index contributed by atoms with van der Waals surface area (Å²) >= 11 is 0. The molecule has 290 valence electrons. The van der Waals surface area contributed by atoms with Gasteiger partial charge < -0.3 is 20.1 Å². The van der Waals surface area contributed by atoms with E-state index < -0.39 is 0 Å². The molecule has 4 aromatic heterocycles. The number of fused-ring (bicyclic) bond motifs is 4. The van der Waals surface area contributed by atoms with Crippen LogP contribution in [-0.2, 0) is 18.6 Å². The molecule has 8 rings (SSSR count).